The summed E-state index contributed by atoms with van der Waals surface area (Å²) in [5, 5.41) is 14.2. The van der Waals surface area contributed by atoms with E-state index < -0.39 is 0 Å². The van der Waals surface area contributed by atoms with Gasteiger partial charge in [0.1, 0.15) is 5.82 Å². The molecule has 3 rings (SSSR count). The van der Waals surface area contributed by atoms with Crippen molar-refractivity contribution in [1.82, 2.24) is 24.9 Å². The summed E-state index contributed by atoms with van der Waals surface area (Å²) in [4.78, 5) is 24.6. The highest BCUT2D eigenvalue weighted by atomic mass is 16.2. The summed E-state index contributed by atoms with van der Waals surface area (Å²) in [6, 6.07) is 13.4. The van der Waals surface area contributed by atoms with Gasteiger partial charge in [-0.2, -0.15) is 10.2 Å². The highest BCUT2D eigenvalue weighted by molar-refractivity contribution is 5.95. The molecule has 0 atom stereocenters. The molecule has 2 heterocycles. The molecule has 0 fully saturated rings. The Morgan fingerprint density at radius 2 is 1.83 bits per heavy atom. The molecule has 29 heavy (non-hydrogen) atoms. The van der Waals surface area contributed by atoms with Crippen LogP contribution in [0, 0.1) is 13.8 Å². The topological polar surface area (TPSA) is 93.8 Å². The number of hydrogen-bond acceptors (Lipinski definition) is 4. The van der Waals surface area contributed by atoms with E-state index >= 15 is 0 Å². The Bertz CT molecular complexity index is 990. The summed E-state index contributed by atoms with van der Waals surface area (Å²) in [6.07, 6.45) is 1.02. The van der Waals surface area contributed by atoms with Gasteiger partial charge in [0.25, 0.3) is 5.91 Å². The van der Waals surface area contributed by atoms with E-state index in [1.54, 1.807) is 13.1 Å². The fourth-order valence-corrected chi connectivity index (χ4v) is 3.07. The lowest BCUT2D eigenvalue weighted by atomic mass is 10.1. The average Bonchev–Trinajstić information content (AvgIpc) is 3.22. The fraction of sp³-hybridized carbons (Fsp3) is 0.333. The van der Waals surface area contributed by atoms with Gasteiger partial charge in [-0.25, -0.2) is 0 Å². The van der Waals surface area contributed by atoms with Gasteiger partial charge in [0.05, 0.1) is 12.2 Å². The third kappa shape index (κ3) is 5.54. The lowest BCUT2D eigenvalue weighted by Gasteiger charge is -2.05. The van der Waals surface area contributed by atoms with Crippen LogP contribution in [-0.4, -0.2) is 37.9 Å². The maximum atomic E-state index is 12.4. The van der Waals surface area contributed by atoms with E-state index in [0.29, 0.717) is 31.7 Å². The van der Waals surface area contributed by atoms with E-state index in [4.69, 9.17) is 0 Å². The predicted octanol–water partition coefficient (Wildman–Crippen LogP) is 2.23. The van der Waals surface area contributed by atoms with Crippen LogP contribution in [-0.2, 0) is 24.8 Å². The Hall–Kier alpha value is -3.42. The SMILES string of the molecule is Cc1cc(C)n(CCNC(=O)c2cc(NC(=O)CCc3ccccc3)n(C)n2)n1. The van der Waals surface area contributed by atoms with E-state index in [2.05, 4.69) is 20.8 Å². The summed E-state index contributed by atoms with van der Waals surface area (Å²) >= 11 is 0. The first-order chi connectivity index (χ1) is 13.9. The molecule has 0 saturated heterocycles. The van der Waals surface area contributed by atoms with Gasteiger partial charge in [0.2, 0.25) is 5.91 Å². The molecule has 2 aromatic heterocycles. The minimum atomic E-state index is -0.285. The van der Waals surface area contributed by atoms with Crippen LogP contribution in [0.2, 0.25) is 0 Å². The van der Waals surface area contributed by atoms with Crippen LogP contribution in [0.3, 0.4) is 0 Å². The van der Waals surface area contributed by atoms with Gasteiger partial charge in [-0.3, -0.25) is 19.0 Å². The molecule has 0 unspecified atom stereocenters. The Kier molecular flexibility index (Phi) is 6.43. The Morgan fingerprint density at radius 3 is 2.52 bits per heavy atom. The average molecular weight is 394 g/mol. The van der Waals surface area contributed by atoms with Crippen LogP contribution in [0.5, 0.6) is 0 Å². The number of hydrogen-bond donors (Lipinski definition) is 2. The molecule has 152 valence electrons. The molecule has 8 nitrogen and oxygen atoms in total. The lowest BCUT2D eigenvalue weighted by Crippen LogP contribution is -2.28. The molecule has 8 heteroatoms. The van der Waals surface area contributed by atoms with Gasteiger partial charge in [-0.15, -0.1) is 0 Å². The van der Waals surface area contributed by atoms with Crippen molar-refractivity contribution < 1.29 is 9.59 Å². The van der Waals surface area contributed by atoms with E-state index in [-0.39, 0.29) is 17.5 Å². The number of carbonyl (C=O) groups is 2. The lowest BCUT2D eigenvalue weighted by molar-refractivity contribution is -0.116. The second-order valence-electron chi connectivity index (χ2n) is 6.98. The first-order valence-corrected chi connectivity index (χ1v) is 9.59. The van der Waals surface area contributed by atoms with Gasteiger partial charge in [-0.05, 0) is 31.9 Å². The van der Waals surface area contributed by atoms with E-state index in [9.17, 15) is 9.59 Å². The summed E-state index contributed by atoms with van der Waals surface area (Å²) in [7, 11) is 1.69. The standard InChI is InChI=1S/C21H26N6O2/c1-15-13-16(2)27(24-15)12-11-22-21(29)18-14-19(26(3)25-18)23-20(28)10-9-17-7-5-4-6-8-17/h4-8,13-14H,9-12H2,1-3H3,(H,22,29)(H,23,28). The minimum absolute atomic E-state index is 0.117. The molecule has 0 aliphatic heterocycles. The van der Waals surface area contributed by atoms with Gasteiger partial charge in [-0.1, -0.05) is 30.3 Å². The molecule has 1 aromatic carbocycles. The molecule has 2 amide bonds. The van der Waals surface area contributed by atoms with E-state index in [1.807, 2.05) is 54.9 Å². The van der Waals surface area contributed by atoms with Crippen molar-refractivity contribution in [2.24, 2.45) is 7.05 Å². The largest absolute Gasteiger partial charge is 0.349 e. The van der Waals surface area contributed by atoms with Crippen molar-refractivity contribution in [2.75, 3.05) is 11.9 Å². The van der Waals surface area contributed by atoms with E-state index in [0.717, 1.165) is 17.0 Å². The number of aromatic nitrogens is 4. The van der Waals surface area contributed by atoms with Crippen LogP contribution < -0.4 is 10.6 Å². The fourth-order valence-electron chi connectivity index (χ4n) is 3.07. The van der Waals surface area contributed by atoms with Crippen LogP contribution >= 0.6 is 0 Å². The molecule has 0 saturated carbocycles. The van der Waals surface area contributed by atoms with Crippen molar-refractivity contribution >= 4 is 17.6 Å². The third-order valence-electron chi connectivity index (χ3n) is 4.58. The number of nitrogens with zero attached hydrogens (tertiary/aromatic N) is 4. The number of amides is 2. The van der Waals surface area contributed by atoms with Gasteiger partial charge < -0.3 is 10.6 Å². The Labute approximate surface area is 169 Å². The molecule has 0 radical (unpaired) electrons. The Morgan fingerprint density at radius 1 is 1.07 bits per heavy atom. The number of benzene rings is 1. The van der Waals surface area contributed by atoms with Crippen molar-refractivity contribution in [3.8, 4) is 0 Å². The molecule has 0 aliphatic carbocycles. The molecule has 0 bridgehead atoms. The van der Waals surface area contributed by atoms with Crippen LogP contribution in [0.1, 0.15) is 33.9 Å². The summed E-state index contributed by atoms with van der Waals surface area (Å²) < 4.78 is 3.35. The maximum absolute atomic E-state index is 12.4. The number of aryl methyl sites for hydroxylation is 4. The third-order valence-corrected chi connectivity index (χ3v) is 4.58. The Balaban J connectivity index is 1.50. The molecular formula is C21H26N6O2. The smallest absolute Gasteiger partial charge is 0.271 e. The first kappa shape index (κ1) is 20.3. The number of rotatable bonds is 8. The molecule has 0 aliphatic rings. The zero-order valence-electron chi connectivity index (χ0n) is 17.0. The van der Waals surface area contributed by atoms with Crippen molar-refractivity contribution in [1.29, 1.82) is 0 Å². The zero-order valence-corrected chi connectivity index (χ0v) is 17.0. The van der Waals surface area contributed by atoms with Crippen LogP contribution in [0.25, 0.3) is 0 Å². The molecule has 2 N–H and O–H groups in total. The second-order valence-corrected chi connectivity index (χ2v) is 6.98. The molecule has 0 spiro atoms. The molecular weight excluding hydrogens is 368 g/mol. The predicted molar refractivity (Wildman–Crippen MR) is 111 cm³/mol. The van der Waals surface area contributed by atoms with Gasteiger partial charge >= 0.3 is 0 Å². The van der Waals surface area contributed by atoms with Crippen molar-refractivity contribution in [2.45, 2.75) is 33.2 Å². The zero-order chi connectivity index (χ0) is 20.8. The van der Waals surface area contributed by atoms with Gasteiger partial charge in [0, 0.05) is 31.8 Å². The monoisotopic (exact) mass is 394 g/mol. The van der Waals surface area contributed by atoms with Crippen molar-refractivity contribution in [3.05, 3.63) is 65.1 Å². The first-order valence-electron chi connectivity index (χ1n) is 9.59. The number of nitrogens with one attached hydrogen (secondary N) is 2. The summed E-state index contributed by atoms with van der Waals surface area (Å²) in [6.45, 7) is 4.94. The summed E-state index contributed by atoms with van der Waals surface area (Å²) in [5.41, 5.74) is 3.37. The number of anilines is 1. The normalized spacial score (nSPS) is 10.7. The number of carbonyl (C=O) groups excluding carboxylic acids is 2. The molecule has 3 aromatic rings. The second kappa shape index (κ2) is 9.18. The van der Waals surface area contributed by atoms with Crippen LogP contribution in [0.4, 0.5) is 5.82 Å². The highest BCUT2D eigenvalue weighted by Crippen LogP contribution is 2.11. The maximum Gasteiger partial charge on any atom is 0.271 e. The van der Waals surface area contributed by atoms with Crippen LogP contribution in [0.15, 0.2) is 42.5 Å². The quantitative estimate of drug-likeness (QED) is 0.613. The highest BCUT2D eigenvalue weighted by Gasteiger charge is 2.14. The minimum Gasteiger partial charge on any atom is -0.349 e. The van der Waals surface area contributed by atoms with Gasteiger partial charge in [0.15, 0.2) is 5.69 Å². The van der Waals surface area contributed by atoms with Crippen molar-refractivity contribution in [3.63, 3.8) is 0 Å². The van der Waals surface area contributed by atoms with E-state index in [1.165, 1.54) is 4.68 Å². The summed E-state index contributed by atoms with van der Waals surface area (Å²) in [5.74, 6) is 0.0898.